The largest absolute Gasteiger partial charge is 0.411 e. The van der Waals surface area contributed by atoms with Crippen LogP contribution in [-0.2, 0) is 11.3 Å². The van der Waals surface area contributed by atoms with Gasteiger partial charge in [0.25, 0.3) is 5.56 Å². The molecule has 110 valence electrons. The molecule has 9 heteroatoms. The van der Waals surface area contributed by atoms with Crippen LogP contribution in [0.15, 0.2) is 15.5 Å². The Labute approximate surface area is 121 Å². The zero-order valence-electron chi connectivity index (χ0n) is 10.2. The minimum absolute atomic E-state index is 0.0341. The molecule has 0 aromatic carbocycles. The van der Waals surface area contributed by atoms with Crippen LogP contribution in [-0.4, -0.2) is 35.7 Å². The first-order valence-electron chi connectivity index (χ1n) is 5.42. The molecular formula is C11H11BrF3N3O2. The summed E-state index contributed by atoms with van der Waals surface area (Å²) in [6, 6.07) is 0. The van der Waals surface area contributed by atoms with Crippen molar-refractivity contribution in [2.45, 2.75) is 12.7 Å². The number of terminal acetylenes is 1. The Bertz CT molecular complexity index is 551. The van der Waals surface area contributed by atoms with Gasteiger partial charge in [-0.1, -0.05) is 5.92 Å². The van der Waals surface area contributed by atoms with Crippen LogP contribution in [0, 0.1) is 12.3 Å². The molecule has 1 heterocycles. The van der Waals surface area contributed by atoms with Crippen LogP contribution in [0.5, 0.6) is 0 Å². The first-order chi connectivity index (χ1) is 9.35. The molecular weight excluding hydrogens is 343 g/mol. The van der Waals surface area contributed by atoms with Gasteiger partial charge in [0.2, 0.25) is 0 Å². The number of nitrogens with one attached hydrogen (secondary N) is 1. The number of alkyl halides is 3. The van der Waals surface area contributed by atoms with Crippen LogP contribution in [0.25, 0.3) is 0 Å². The summed E-state index contributed by atoms with van der Waals surface area (Å²) in [6.45, 7) is -1.32. The van der Waals surface area contributed by atoms with Crippen molar-refractivity contribution in [2.24, 2.45) is 0 Å². The van der Waals surface area contributed by atoms with E-state index in [-0.39, 0.29) is 24.2 Å². The SMILES string of the molecule is C#CCn1ncc(NCCOCC(F)(F)F)c(Br)c1=O. The van der Waals surface area contributed by atoms with Crippen molar-refractivity contribution in [2.75, 3.05) is 25.1 Å². The average Bonchev–Trinajstić information content (AvgIpc) is 2.36. The molecule has 0 aliphatic heterocycles. The highest BCUT2D eigenvalue weighted by Gasteiger charge is 2.27. The number of rotatable bonds is 6. The van der Waals surface area contributed by atoms with Gasteiger partial charge in [-0.3, -0.25) is 4.79 Å². The minimum Gasteiger partial charge on any atom is -0.380 e. The van der Waals surface area contributed by atoms with Gasteiger partial charge in [0.15, 0.2) is 0 Å². The summed E-state index contributed by atoms with van der Waals surface area (Å²) in [5.74, 6) is 2.28. The summed E-state index contributed by atoms with van der Waals surface area (Å²) < 4.78 is 41.2. The summed E-state index contributed by atoms with van der Waals surface area (Å²) in [7, 11) is 0. The molecule has 0 aliphatic carbocycles. The van der Waals surface area contributed by atoms with Gasteiger partial charge in [0.1, 0.15) is 17.6 Å². The fourth-order valence-electron chi connectivity index (χ4n) is 1.23. The van der Waals surface area contributed by atoms with Crippen molar-refractivity contribution in [1.29, 1.82) is 0 Å². The number of nitrogens with zero attached hydrogens (tertiary/aromatic N) is 2. The highest BCUT2D eigenvalue weighted by molar-refractivity contribution is 9.10. The van der Waals surface area contributed by atoms with E-state index in [1.54, 1.807) is 0 Å². The van der Waals surface area contributed by atoms with E-state index >= 15 is 0 Å². The maximum absolute atomic E-state index is 11.8. The van der Waals surface area contributed by atoms with E-state index in [0.717, 1.165) is 4.68 Å². The van der Waals surface area contributed by atoms with E-state index in [9.17, 15) is 18.0 Å². The van der Waals surface area contributed by atoms with Crippen molar-refractivity contribution in [3.63, 3.8) is 0 Å². The Morgan fingerprint density at radius 2 is 2.25 bits per heavy atom. The van der Waals surface area contributed by atoms with Crippen LogP contribution in [0.3, 0.4) is 0 Å². The normalized spacial score (nSPS) is 11.2. The molecule has 1 aromatic heterocycles. The van der Waals surface area contributed by atoms with Gasteiger partial charge in [-0.05, 0) is 15.9 Å². The van der Waals surface area contributed by atoms with Crippen molar-refractivity contribution in [3.8, 4) is 12.3 Å². The summed E-state index contributed by atoms with van der Waals surface area (Å²) in [5, 5.41) is 6.56. The number of hydrogen-bond acceptors (Lipinski definition) is 4. The van der Waals surface area contributed by atoms with Crippen LogP contribution < -0.4 is 10.9 Å². The molecule has 0 bridgehead atoms. The summed E-state index contributed by atoms with van der Waals surface area (Å²) in [5.41, 5.74) is -0.0666. The number of anilines is 1. The van der Waals surface area contributed by atoms with Crippen molar-refractivity contribution in [3.05, 3.63) is 21.0 Å². The van der Waals surface area contributed by atoms with Crippen LogP contribution >= 0.6 is 15.9 Å². The predicted octanol–water partition coefficient (Wildman–Crippen LogP) is 1.63. The summed E-state index contributed by atoms with van der Waals surface area (Å²) in [4.78, 5) is 11.7. The monoisotopic (exact) mass is 353 g/mol. The highest BCUT2D eigenvalue weighted by atomic mass is 79.9. The maximum Gasteiger partial charge on any atom is 0.411 e. The Balaban J connectivity index is 2.52. The second kappa shape index (κ2) is 7.31. The molecule has 0 spiro atoms. The van der Waals surface area contributed by atoms with E-state index in [2.05, 4.69) is 37.0 Å². The van der Waals surface area contributed by atoms with E-state index in [0.29, 0.717) is 5.69 Å². The fourth-order valence-corrected chi connectivity index (χ4v) is 1.68. The quantitative estimate of drug-likeness (QED) is 0.623. The molecule has 0 aliphatic rings. The molecule has 1 aromatic rings. The van der Waals surface area contributed by atoms with E-state index in [4.69, 9.17) is 6.42 Å². The van der Waals surface area contributed by atoms with E-state index < -0.39 is 18.3 Å². The molecule has 0 fully saturated rings. The molecule has 0 saturated heterocycles. The zero-order chi connectivity index (χ0) is 15.2. The molecule has 1 rings (SSSR count). The van der Waals surface area contributed by atoms with Crippen molar-refractivity contribution < 1.29 is 17.9 Å². The topological polar surface area (TPSA) is 56.1 Å². The van der Waals surface area contributed by atoms with Crippen LogP contribution in [0.4, 0.5) is 18.9 Å². The Morgan fingerprint density at radius 1 is 1.55 bits per heavy atom. The van der Waals surface area contributed by atoms with Gasteiger partial charge in [0.05, 0.1) is 18.5 Å². The van der Waals surface area contributed by atoms with E-state index in [1.807, 2.05) is 0 Å². The molecule has 5 nitrogen and oxygen atoms in total. The summed E-state index contributed by atoms with van der Waals surface area (Å²) in [6.07, 6.45) is 2.08. The maximum atomic E-state index is 11.8. The Hall–Kier alpha value is -1.53. The van der Waals surface area contributed by atoms with Crippen LogP contribution in [0.2, 0.25) is 0 Å². The van der Waals surface area contributed by atoms with Gasteiger partial charge in [-0.2, -0.15) is 18.3 Å². The molecule has 1 N–H and O–H groups in total. The molecule has 0 amide bonds. The van der Waals surface area contributed by atoms with Gasteiger partial charge in [-0.15, -0.1) is 6.42 Å². The van der Waals surface area contributed by atoms with Crippen molar-refractivity contribution >= 4 is 21.6 Å². The number of aromatic nitrogens is 2. The van der Waals surface area contributed by atoms with Gasteiger partial charge >= 0.3 is 6.18 Å². The third-order valence-electron chi connectivity index (χ3n) is 2.05. The van der Waals surface area contributed by atoms with Gasteiger partial charge in [-0.25, -0.2) is 4.68 Å². The smallest absolute Gasteiger partial charge is 0.380 e. The van der Waals surface area contributed by atoms with Gasteiger partial charge in [0, 0.05) is 6.54 Å². The molecule has 0 radical (unpaired) electrons. The number of ether oxygens (including phenoxy) is 1. The second-order valence-corrected chi connectivity index (χ2v) is 4.43. The Kier molecular flexibility index (Phi) is 6.04. The molecule has 0 unspecified atom stereocenters. The fraction of sp³-hybridized carbons (Fsp3) is 0.455. The first-order valence-corrected chi connectivity index (χ1v) is 6.22. The first kappa shape index (κ1) is 16.5. The number of halogens is 4. The third kappa shape index (κ3) is 5.22. The highest BCUT2D eigenvalue weighted by Crippen LogP contribution is 2.16. The molecule has 20 heavy (non-hydrogen) atoms. The summed E-state index contributed by atoms with van der Waals surface area (Å²) >= 11 is 3.08. The third-order valence-corrected chi connectivity index (χ3v) is 2.82. The van der Waals surface area contributed by atoms with Gasteiger partial charge < -0.3 is 10.1 Å². The molecule has 0 saturated carbocycles. The lowest BCUT2D eigenvalue weighted by Crippen LogP contribution is -2.25. The predicted molar refractivity (Wildman–Crippen MR) is 70.4 cm³/mol. The lowest BCUT2D eigenvalue weighted by atomic mass is 10.4. The lowest BCUT2D eigenvalue weighted by Gasteiger charge is -2.10. The zero-order valence-corrected chi connectivity index (χ0v) is 11.8. The van der Waals surface area contributed by atoms with Crippen LogP contribution in [0.1, 0.15) is 0 Å². The molecule has 0 atom stereocenters. The standard InChI is InChI=1S/C11H11BrF3N3O2/c1-2-4-18-10(19)9(12)8(6-17-18)16-3-5-20-7-11(13,14)15/h1,6,16H,3-5,7H2. The minimum atomic E-state index is -4.35. The van der Waals surface area contributed by atoms with Crippen molar-refractivity contribution in [1.82, 2.24) is 9.78 Å². The average molecular weight is 354 g/mol. The second-order valence-electron chi connectivity index (χ2n) is 3.63. The Morgan fingerprint density at radius 3 is 2.85 bits per heavy atom. The lowest BCUT2D eigenvalue weighted by molar-refractivity contribution is -0.172. The van der Waals surface area contributed by atoms with E-state index in [1.165, 1.54) is 6.20 Å². The number of hydrogen-bond donors (Lipinski definition) is 1.